The molecule has 0 fully saturated rings. The molecule has 114 valence electrons. The van der Waals surface area contributed by atoms with E-state index in [1.54, 1.807) is 12.1 Å². The lowest BCUT2D eigenvalue weighted by Gasteiger charge is -2.09. The largest absolute Gasteiger partial charge is 0.316 e. The van der Waals surface area contributed by atoms with Crippen LogP contribution in [0.1, 0.15) is 36.4 Å². The van der Waals surface area contributed by atoms with Gasteiger partial charge in [0.15, 0.2) is 0 Å². The molecule has 3 nitrogen and oxygen atoms in total. The normalized spacial score (nSPS) is 11.1. The average Bonchev–Trinajstić information content (AvgIpc) is 2.80. The van der Waals surface area contributed by atoms with Crippen molar-refractivity contribution in [3.63, 3.8) is 0 Å². The molecule has 1 N–H and O–H groups in total. The summed E-state index contributed by atoms with van der Waals surface area (Å²) in [5.41, 5.74) is 4.52. The van der Waals surface area contributed by atoms with Crippen LogP contribution < -0.4 is 5.32 Å². The molecule has 0 amide bonds. The highest BCUT2D eigenvalue weighted by Crippen LogP contribution is 2.22. The Morgan fingerprint density at radius 2 is 2.05 bits per heavy atom. The smallest absolute Gasteiger partial charge is 0.123 e. The molecular weight excluding hydrogens is 333 g/mol. The van der Waals surface area contributed by atoms with Gasteiger partial charge in [-0.1, -0.05) is 29.8 Å². The van der Waals surface area contributed by atoms with E-state index in [2.05, 4.69) is 35.1 Å². The number of nitrogens with zero attached hydrogens (tertiary/aromatic N) is 2. The molecule has 0 saturated heterocycles. The summed E-state index contributed by atoms with van der Waals surface area (Å²) in [5, 5.41) is 7.93. The van der Waals surface area contributed by atoms with Gasteiger partial charge in [0, 0.05) is 22.3 Å². The van der Waals surface area contributed by atoms with Crippen LogP contribution in [-0.4, -0.2) is 16.8 Å². The summed E-state index contributed by atoms with van der Waals surface area (Å²) in [4.78, 5) is 0. The molecule has 1 heterocycles. The molecule has 2 rings (SSSR count). The van der Waals surface area contributed by atoms with E-state index < -0.39 is 0 Å². The zero-order valence-corrected chi connectivity index (χ0v) is 14.3. The summed E-state index contributed by atoms with van der Waals surface area (Å²) in [5.74, 6) is -0.218. The van der Waals surface area contributed by atoms with E-state index in [4.69, 9.17) is 5.10 Å². The molecule has 1 aromatic heterocycles. The van der Waals surface area contributed by atoms with E-state index in [0.717, 1.165) is 35.1 Å². The van der Waals surface area contributed by atoms with Crippen molar-refractivity contribution < 1.29 is 4.39 Å². The summed E-state index contributed by atoms with van der Waals surface area (Å²) in [6.45, 7) is 5.64. The maximum Gasteiger partial charge on any atom is 0.123 e. The highest BCUT2D eigenvalue weighted by atomic mass is 79.9. The highest BCUT2D eigenvalue weighted by molar-refractivity contribution is 9.10. The molecule has 1 aromatic carbocycles. The Balaban J connectivity index is 2.41. The van der Waals surface area contributed by atoms with Gasteiger partial charge in [0.25, 0.3) is 0 Å². The van der Waals surface area contributed by atoms with Gasteiger partial charge in [0.1, 0.15) is 5.82 Å². The maximum atomic E-state index is 13.4. The number of hydrogen-bond donors (Lipinski definition) is 1. The van der Waals surface area contributed by atoms with Crippen LogP contribution in [0.25, 0.3) is 0 Å². The molecule has 0 aliphatic heterocycles. The number of hydrogen-bond acceptors (Lipinski definition) is 2. The summed E-state index contributed by atoms with van der Waals surface area (Å²) in [7, 11) is 1.94. The molecule has 0 aliphatic carbocycles. The second-order valence-corrected chi connectivity index (χ2v) is 5.86. The van der Waals surface area contributed by atoms with Crippen molar-refractivity contribution in [1.29, 1.82) is 0 Å². The van der Waals surface area contributed by atoms with Crippen molar-refractivity contribution in [3.05, 3.63) is 51.0 Å². The zero-order valence-electron chi connectivity index (χ0n) is 12.7. The minimum Gasteiger partial charge on any atom is -0.316 e. The molecule has 21 heavy (non-hydrogen) atoms. The van der Waals surface area contributed by atoms with Gasteiger partial charge in [-0.3, -0.25) is 4.68 Å². The summed E-state index contributed by atoms with van der Waals surface area (Å²) in [6.07, 6.45) is 1.82. The number of aromatic nitrogens is 2. The summed E-state index contributed by atoms with van der Waals surface area (Å²) >= 11 is 3.49. The molecule has 0 bridgehead atoms. The second kappa shape index (κ2) is 7.18. The molecule has 0 unspecified atom stereocenters. The number of nitrogens with one attached hydrogen (secondary N) is 1. The molecule has 2 aromatic rings. The topological polar surface area (TPSA) is 29.9 Å². The Bertz CT molecular complexity index is 622. The molecule has 0 atom stereocenters. The van der Waals surface area contributed by atoms with Crippen LogP contribution in [0.4, 0.5) is 4.39 Å². The number of rotatable bonds is 6. The van der Waals surface area contributed by atoms with E-state index in [9.17, 15) is 4.39 Å². The monoisotopic (exact) mass is 353 g/mol. The summed E-state index contributed by atoms with van der Waals surface area (Å²) < 4.78 is 16.4. The average molecular weight is 354 g/mol. The highest BCUT2D eigenvalue weighted by Gasteiger charge is 2.15. The Labute approximate surface area is 133 Å². The molecule has 0 saturated carbocycles. The lowest BCUT2D eigenvalue weighted by molar-refractivity contribution is 0.609. The minimum atomic E-state index is -0.218. The molecule has 0 aliphatic rings. The van der Waals surface area contributed by atoms with E-state index >= 15 is 0 Å². The molecule has 5 heteroatoms. The number of halogens is 2. The van der Waals surface area contributed by atoms with Gasteiger partial charge in [-0.25, -0.2) is 4.39 Å². The Morgan fingerprint density at radius 3 is 2.67 bits per heavy atom. The minimum absolute atomic E-state index is 0.218. The van der Waals surface area contributed by atoms with Crippen LogP contribution in [-0.2, 0) is 25.9 Å². The quantitative estimate of drug-likeness (QED) is 0.858. The Kier molecular flexibility index (Phi) is 5.53. The predicted octanol–water partition coefficient (Wildman–Crippen LogP) is 3.68. The lowest BCUT2D eigenvalue weighted by atomic mass is 10.1. The first-order valence-electron chi connectivity index (χ1n) is 7.26. The van der Waals surface area contributed by atoms with Crippen molar-refractivity contribution >= 4 is 15.9 Å². The fourth-order valence-electron chi connectivity index (χ4n) is 2.61. The van der Waals surface area contributed by atoms with Crippen LogP contribution >= 0.6 is 15.9 Å². The van der Waals surface area contributed by atoms with E-state index in [1.165, 1.54) is 17.3 Å². The van der Waals surface area contributed by atoms with Crippen molar-refractivity contribution in [2.75, 3.05) is 7.05 Å². The second-order valence-electron chi connectivity index (χ2n) is 5.00. The van der Waals surface area contributed by atoms with E-state index in [1.807, 2.05) is 11.7 Å². The first-order chi connectivity index (χ1) is 10.1. The number of benzene rings is 1. The van der Waals surface area contributed by atoms with Crippen LogP contribution in [0.15, 0.2) is 22.7 Å². The fraction of sp³-hybridized carbons (Fsp3) is 0.438. The fourth-order valence-corrected chi connectivity index (χ4v) is 2.98. The van der Waals surface area contributed by atoms with Gasteiger partial charge < -0.3 is 5.32 Å². The third kappa shape index (κ3) is 3.52. The van der Waals surface area contributed by atoms with Crippen molar-refractivity contribution in [1.82, 2.24) is 15.1 Å². The first-order valence-corrected chi connectivity index (χ1v) is 8.05. The molecule has 0 radical (unpaired) electrons. The van der Waals surface area contributed by atoms with Crippen LogP contribution in [0.2, 0.25) is 0 Å². The van der Waals surface area contributed by atoms with Crippen LogP contribution in [0.3, 0.4) is 0 Å². The van der Waals surface area contributed by atoms with Crippen LogP contribution in [0.5, 0.6) is 0 Å². The third-order valence-electron chi connectivity index (χ3n) is 3.60. The van der Waals surface area contributed by atoms with Gasteiger partial charge in [-0.05, 0) is 43.7 Å². The number of aryl methyl sites for hydroxylation is 1. The molecule has 0 spiro atoms. The Morgan fingerprint density at radius 1 is 1.29 bits per heavy atom. The van der Waals surface area contributed by atoms with Crippen molar-refractivity contribution in [2.24, 2.45) is 0 Å². The van der Waals surface area contributed by atoms with E-state index in [0.29, 0.717) is 6.54 Å². The van der Waals surface area contributed by atoms with E-state index in [-0.39, 0.29) is 5.82 Å². The summed E-state index contributed by atoms with van der Waals surface area (Å²) in [6, 6.07) is 4.77. The third-order valence-corrected chi connectivity index (χ3v) is 4.37. The first kappa shape index (κ1) is 16.2. The van der Waals surface area contributed by atoms with Gasteiger partial charge >= 0.3 is 0 Å². The predicted molar refractivity (Wildman–Crippen MR) is 86.9 cm³/mol. The van der Waals surface area contributed by atoms with Gasteiger partial charge in [0.2, 0.25) is 0 Å². The van der Waals surface area contributed by atoms with Gasteiger partial charge in [-0.2, -0.15) is 5.10 Å². The van der Waals surface area contributed by atoms with Crippen molar-refractivity contribution in [2.45, 2.75) is 39.8 Å². The maximum absolute atomic E-state index is 13.4. The Hall–Kier alpha value is -1.20. The van der Waals surface area contributed by atoms with Gasteiger partial charge in [0.05, 0.1) is 12.2 Å². The van der Waals surface area contributed by atoms with Crippen molar-refractivity contribution in [3.8, 4) is 0 Å². The lowest BCUT2D eigenvalue weighted by Crippen LogP contribution is -2.10. The standard InChI is InChI=1S/C16H21BrFN3/c1-4-15-13(9-19-3)16(5-2)21(20-15)10-11-8-12(18)6-7-14(11)17/h6-8,19H,4-5,9-10H2,1-3H3. The molecular formula is C16H21BrFN3. The van der Waals surface area contributed by atoms with Crippen LogP contribution in [0, 0.1) is 5.82 Å². The van der Waals surface area contributed by atoms with Gasteiger partial charge in [-0.15, -0.1) is 0 Å². The SMILES string of the molecule is CCc1nn(Cc2cc(F)ccc2Br)c(CC)c1CNC. The zero-order chi connectivity index (χ0) is 15.4.